The molecule has 0 saturated carbocycles. The van der Waals surface area contributed by atoms with Crippen molar-refractivity contribution in [2.75, 3.05) is 7.11 Å². The molecule has 3 aromatic carbocycles. The Morgan fingerprint density at radius 2 is 1.74 bits per heavy atom. The molecule has 1 aromatic heterocycles. The number of benzene rings is 3. The number of nitrogens with zero attached hydrogens (tertiary/aromatic N) is 2. The number of rotatable bonds is 4. The van der Waals surface area contributed by atoms with E-state index in [4.69, 9.17) is 10.00 Å². The van der Waals surface area contributed by atoms with Gasteiger partial charge in [0.05, 0.1) is 25.3 Å². The number of ether oxygens (including phenoxy) is 1. The summed E-state index contributed by atoms with van der Waals surface area (Å²) in [6.45, 7) is 0.167. The molecule has 4 rings (SSSR count). The summed E-state index contributed by atoms with van der Waals surface area (Å²) < 4.78 is 7.35. The second-order valence-electron chi connectivity index (χ2n) is 6.97. The summed E-state index contributed by atoms with van der Waals surface area (Å²) in [6.07, 6.45) is 0. The van der Waals surface area contributed by atoms with Crippen LogP contribution in [-0.2, 0) is 11.3 Å². The van der Waals surface area contributed by atoms with Gasteiger partial charge in [0.2, 0.25) is 0 Å². The predicted molar refractivity (Wildman–Crippen MR) is 123 cm³/mol. The highest BCUT2D eigenvalue weighted by Crippen LogP contribution is 2.33. The van der Waals surface area contributed by atoms with Crippen molar-refractivity contribution < 1.29 is 9.53 Å². The fourth-order valence-electron chi connectivity index (χ4n) is 3.64. The zero-order chi connectivity index (χ0) is 22.0. The average molecular weight is 473 g/mol. The lowest BCUT2D eigenvalue weighted by molar-refractivity contribution is 0.0588. The van der Waals surface area contributed by atoms with Gasteiger partial charge in [0, 0.05) is 15.4 Å². The topological polar surface area (TPSA) is 72.1 Å². The zero-order valence-electron chi connectivity index (χ0n) is 16.6. The van der Waals surface area contributed by atoms with E-state index in [2.05, 4.69) is 22.0 Å². The van der Waals surface area contributed by atoms with Gasteiger partial charge in [-0.15, -0.1) is 0 Å². The maximum Gasteiger partial charge on any atom is 0.355 e. The number of carbonyl (C=O) groups is 1. The van der Waals surface area contributed by atoms with Crippen LogP contribution in [0.4, 0.5) is 0 Å². The Hall–Kier alpha value is -3.69. The lowest BCUT2D eigenvalue weighted by Crippen LogP contribution is -2.28. The molecule has 0 saturated heterocycles. The van der Waals surface area contributed by atoms with E-state index in [9.17, 15) is 9.59 Å². The van der Waals surface area contributed by atoms with Gasteiger partial charge in [-0.05, 0) is 46.8 Å². The maximum atomic E-state index is 13.5. The summed E-state index contributed by atoms with van der Waals surface area (Å²) in [5.74, 6) is -0.591. The third kappa shape index (κ3) is 3.88. The summed E-state index contributed by atoms with van der Waals surface area (Å²) >= 11 is 3.48. The van der Waals surface area contributed by atoms with Gasteiger partial charge in [-0.25, -0.2) is 4.79 Å². The molecule has 0 amide bonds. The molecular weight excluding hydrogens is 456 g/mol. The van der Waals surface area contributed by atoms with E-state index in [-0.39, 0.29) is 17.8 Å². The van der Waals surface area contributed by atoms with Crippen molar-refractivity contribution in [3.8, 4) is 17.2 Å². The quantitative estimate of drug-likeness (QED) is 0.385. The molecule has 6 heteroatoms. The minimum atomic E-state index is -0.591. The van der Waals surface area contributed by atoms with Gasteiger partial charge in [-0.1, -0.05) is 58.4 Å². The smallest absolute Gasteiger partial charge is 0.355 e. The minimum Gasteiger partial charge on any atom is -0.464 e. The van der Waals surface area contributed by atoms with Gasteiger partial charge in [-0.3, -0.25) is 9.36 Å². The molecule has 0 aliphatic rings. The van der Waals surface area contributed by atoms with Crippen LogP contribution in [0.5, 0.6) is 0 Å². The molecule has 0 aliphatic heterocycles. The van der Waals surface area contributed by atoms with Gasteiger partial charge in [0.1, 0.15) is 5.69 Å². The molecule has 1 heterocycles. The molecule has 0 atom stereocenters. The maximum absolute atomic E-state index is 13.5. The van der Waals surface area contributed by atoms with Gasteiger partial charge in [0.15, 0.2) is 0 Å². The molecule has 0 fully saturated rings. The summed E-state index contributed by atoms with van der Waals surface area (Å²) in [5, 5.41) is 10.2. The number of hydrogen-bond acceptors (Lipinski definition) is 4. The Morgan fingerprint density at radius 1 is 1.03 bits per heavy atom. The Balaban J connectivity index is 2.08. The molecular formula is C25H17BrN2O3. The zero-order valence-corrected chi connectivity index (χ0v) is 18.2. The largest absolute Gasteiger partial charge is 0.464 e. The van der Waals surface area contributed by atoms with Crippen molar-refractivity contribution in [3.05, 3.63) is 104 Å². The van der Waals surface area contributed by atoms with E-state index in [1.54, 1.807) is 30.3 Å². The van der Waals surface area contributed by atoms with Crippen LogP contribution < -0.4 is 5.56 Å². The fourth-order valence-corrected chi connectivity index (χ4v) is 4.00. The number of carbonyl (C=O) groups excluding carboxylic acids is 1. The van der Waals surface area contributed by atoms with Crippen LogP contribution in [-0.4, -0.2) is 17.6 Å². The van der Waals surface area contributed by atoms with Crippen LogP contribution in [0.25, 0.3) is 21.9 Å². The predicted octanol–water partition coefficient (Wildman–Crippen LogP) is 5.14. The fraction of sp³-hybridized carbons (Fsp3) is 0.0800. The Morgan fingerprint density at radius 3 is 2.39 bits per heavy atom. The summed E-state index contributed by atoms with van der Waals surface area (Å²) in [6, 6.07) is 23.9. The summed E-state index contributed by atoms with van der Waals surface area (Å²) in [4.78, 5) is 26.4. The van der Waals surface area contributed by atoms with Crippen molar-refractivity contribution in [2.45, 2.75) is 6.54 Å². The number of pyridine rings is 1. The van der Waals surface area contributed by atoms with Crippen molar-refractivity contribution in [1.29, 1.82) is 5.26 Å². The molecule has 4 aromatic rings. The lowest BCUT2D eigenvalue weighted by atomic mass is 9.96. The summed E-state index contributed by atoms with van der Waals surface area (Å²) in [5.41, 5.74) is 2.66. The molecule has 152 valence electrons. The molecule has 0 radical (unpaired) electrons. The van der Waals surface area contributed by atoms with Crippen LogP contribution in [0.1, 0.15) is 21.6 Å². The van der Waals surface area contributed by atoms with Gasteiger partial charge in [-0.2, -0.15) is 5.26 Å². The third-order valence-corrected chi connectivity index (χ3v) is 5.59. The van der Waals surface area contributed by atoms with Crippen molar-refractivity contribution >= 4 is 32.7 Å². The third-order valence-electron chi connectivity index (χ3n) is 5.10. The lowest BCUT2D eigenvalue weighted by Gasteiger charge is -2.19. The van der Waals surface area contributed by atoms with Crippen LogP contribution in [0, 0.1) is 11.3 Å². The first-order chi connectivity index (χ1) is 15.0. The number of fused-ring (bicyclic) bond motifs is 1. The number of nitriles is 1. The van der Waals surface area contributed by atoms with Crippen molar-refractivity contribution in [1.82, 2.24) is 4.57 Å². The normalized spacial score (nSPS) is 10.6. The number of methoxy groups -OCH3 is 1. The van der Waals surface area contributed by atoms with Crippen LogP contribution in [0.3, 0.4) is 0 Å². The number of halogens is 1. The average Bonchev–Trinajstić information content (AvgIpc) is 2.81. The second kappa shape index (κ2) is 8.58. The monoisotopic (exact) mass is 472 g/mol. The van der Waals surface area contributed by atoms with E-state index in [1.165, 1.54) is 11.7 Å². The minimum absolute atomic E-state index is 0.167. The summed E-state index contributed by atoms with van der Waals surface area (Å²) in [7, 11) is 1.30. The first kappa shape index (κ1) is 20.6. The van der Waals surface area contributed by atoms with E-state index in [0.717, 1.165) is 15.6 Å². The molecule has 0 N–H and O–H groups in total. The highest BCUT2D eigenvalue weighted by molar-refractivity contribution is 9.10. The van der Waals surface area contributed by atoms with Crippen molar-refractivity contribution in [2.24, 2.45) is 0 Å². The Bertz CT molecular complexity index is 1390. The second-order valence-corrected chi connectivity index (χ2v) is 7.89. The first-order valence-corrected chi connectivity index (χ1v) is 10.3. The Labute approximate surface area is 187 Å². The number of aromatic nitrogens is 1. The van der Waals surface area contributed by atoms with Gasteiger partial charge < -0.3 is 4.74 Å². The van der Waals surface area contributed by atoms with E-state index >= 15 is 0 Å². The van der Waals surface area contributed by atoms with Crippen LogP contribution >= 0.6 is 15.9 Å². The molecule has 0 spiro atoms. The highest BCUT2D eigenvalue weighted by atomic mass is 79.9. The van der Waals surface area contributed by atoms with E-state index in [0.29, 0.717) is 21.9 Å². The Kier molecular flexibility index (Phi) is 5.70. The van der Waals surface area contributed by atoms with Crippen LogP contribution in [0.2, 0.25) is 0 Å². The highest BCUT2D eigenvalue weighted by Gasteiger charge is 2.24. The molecule has 31 heavy (non-hydrogen) atoms. The van der Waals surface area contributed by atoms with Crippen LogP contribution in [0.15, 0.2) is 82.1 Å². The molecule has 0 unspecified atom stereocenters. The van der Waals surface area contributed by atoms with Crippen molar-refractivity contribution in [3.63, 3.8) is 0 Å². The molecule has 0 aliphatic carbocycles. The SMILES string of the molecule is COC(=O)c1c(-c2ccccc2)c2cc(Br)ccc2c(=O)n1Cc1ccc(C#N)cc1. The molecule has 0 bridgehead atoms. The van der Waals surface area contributed by atoms with E-state index < -0.39 is 5.97 Å². The van der Waals surface area contributed by atoms with E-state index in [1.807, 2.05) is 42.5 Å². The standard InChI is InChI=1S/C25H17BrN2O3/c1-31-25(30)23-22(18-5-3-2-4-6-18)21-13-19(26)11-12-20(21)24(29)28(23)15-17-9-7-16(14-27)8-10-17/h2-13H,15H2,1H3. The molecule has 5 nitrogen and oxygen atoms in total. The number of hydrogen-bond donors (Lipinski definition) is 0. The number of esters is 1. The van der Waals surface area contributed by atoms with Gasteiger partial charge >= 0.3 is 5.97 Å². The van der Waals surface area contributed by atoms with Gasteiger partial charge in [0.25, 0.3) is 5.56 Å². The first-order valence-electron chi connectivity index (χ1n) is 9.52.